The zero-order valence-corrected chi connectivity index (χ0v) is 19.9. The molecule has 4 aromatic carbocycles. The summed E-state index contributed by atoms with van der Waals surface area (Å²) in [7, 11) is 0. The van der Waals surface area contributed by atoms with E-state index < -0.39 is 11.9 Å². The molecule has 1 aliphatic rings. The predicted octanol–water partition coefficient (Wildman–Crippen LogP) is 7.10. The number of hydrogen-bond donors (Lipinski definition) is 0. The molecule has 0 saturated carbocycles. The SMILES string of the molecule is C1=CC(Oc2ccccc2)C(OCCOc2ccccc2)(Oc2ccc(-c3ccccc3)cc2)C=C1. The van der Waals surface area contributed by atoms with Gasteiger partial charge in [-0.1, -0.05) is 91.0 Å². The number of hydrogen-bond acceptors (Lipinski definition) is 4. The minimum atomic E-state index is -1.17. The van der Waals surface area contributed by atoms with Gasteiger partial charge in [-0.2, -0.15) is 0 Å². The van der Waals surface area contributed by atoms with Crippen LogP contribution in [0, 0.1) is 0 Å². The van der Waals surface area contributed by atoms with Crippen molar-refractivity contribution in [2.24, 2.45) is 0 Å². The lowest BCUT2D eigenvalue weighted by molar-refractivity contribution is -0.190. The van der Waals surface area contributed by atoms with E-state index in [0.717, 1.165) is 22.6 Å². The van der Waals surface area contributed by atoms with Crippen molar-refractivity contribution < 1.29 is 18.9 Å². The number of allylic oxidation sites excluding steroid dienone is 2. The Labute approximate surface area is 212 Å². The number of ether oxygens (including phenoxy) is 4. The van der Waals surface area contributed by atoms with Crippen molar-refractivity contribution in [1.82, 2.24) is 0 Å². The van der Waals surface area contributed by atoms with Crippen LogP contribution in [0.2, 0.25) is 0 Å². The van der Waals surface area contributed by atoms with Gasteiger partial charge in [0.15, 0.2) is 6.10 Å². The second kappa shape index (κ2) is 11.4. The predicted molar refractivity (Wildman–Crippen MR) is 142 cm³/mol. The van der Waals surface area contributed by atoms with Crippen LogP contribution >= 0.6 is 0 Å². The molecule has 0 saturated heterocycles. The zero-order chi connectivity index (χ0) is 24.5. The number of para-hydroxylation sites is 2. The molecule has 0 aliphatic heterocycles. The molecule has 2 unspecified atom stereocenters. The largest absolute Gasteiger partial charge is 0.491 e. The molecule has 0 aromatic heterocycles. The average Bonchev–Trinajstić information content (AvgIpc) is 2.94. The maximum atomic E-state index is 6.53. The Morgan fingerprint density at radius 3 is 1.86 bits per heavy atom. The molecule has 0 spiro atoms. The lowest BCUT2D eigenvalue weighted by Gasteiger charge is -2.38. The van der Waals surface area contributed by atoms with E-state index in [9.17, 15) is 0 Å². The standard InChI is InChI=1S/C32H28O4/c1-4-12-26(13-5-1)27-19-21-30(22-20-27)36-32(34-25-24-33-28-14-6-2-7-15-28)23-11-10-18-31(32)35-29-16-8-3-9-17-29/h1-23,31H,24-25H2. The van der Waals surface area contributed by atoms with E-state index in [0.29, 0.717) is 19.0 Å². The maximum absolute atomic E-state index is 6.53. The summed E-state index contributed by atoms with van der Waals surface area (Å²) in [5, 5.41) is 0. The van der Waals surface area contributed by atoms with E-state index in [-0.39, 0.29) is 0 Å². The third-order valence-electron chi connectivity index (χ3n) is 5.79. The van der Waals surface area contributed by atoms with E-state index in [1.165, 1.54) is 0 Å². The Bertz CT molecular complexity index is 1270. The van der Waals surface area contributed by atoms with Crippen LogP contribution in [-0.2, 0) is 4.74 Å². The molecule has 5 rings (SSSR count). The van der Waals surface area contributed by atoms with Gasteiger partial charge in [-0.3, -0.25) is 0 Å². The van der Waals surface area contributed by atoms with Gasteiger partial charge in [0.2, 0.25) is 0 Å². The van der Waals surface area contributed by atoms with Crippen LogP contribution in [0.25, 0.3) is 11.1 Å². The van der Waals surface area contributed by atoms with Crippen LogP contribution in [0.4, 0.5) is 0 Å². The molecule has 0 radical (unpaired) electrons. The minimum absolute atomic E-state index is 0.309. The van der Waals surface area contributed by atoms with Crippen molar-refractivity contribution in [2.45, 2.75) is 11.9 Å². The van der Waals surface area contributed by atoms with E-state index in [1.54, 1.807) is 0 Å². The molecule has 0 fully saturated rings. The van der Waals surface area contributed by atoms with Gasteiger partial charge in [0.1, 0.15) is 23.9 Å². The Hall–Kier alpha value is -4.28. The van der Waals surface area contributed by atoms with Crippen molar-refractivity contribution in [1.29, 1.82) is 0 Å². The Balaban J connectivity index is 1.35. The van der Waals surface area contributed by atoms with Crippen molar-refractivity contribution in [3.63, 3.8) is 0 Å². The van der Waals surface area contributed by atoms with E-state index in [1.807, 2.05) is 127 Å². The van der Waals surface area contributed by atoms with Gasteiger partial charge >= 0.3 is 0 Å². The Morgan fingerprint density at radius 2 is 1.17 bits per heavy atom. The second-order valence-corrected chi connectivity index (χ2v) is 8.32. The van der Waals surface area contributed by atoms with Crippen LogP contribution < -0.4 is 14.2 Å². The average molecular weight is 477 g/mol. The fourth-order valence-electron chi connectivity index (χ4n) is 4.01. The smallest absolute Gasteiger partial charge is 0.271 e. The van der Waals surface area contributed by atoms with Crippen molar-refractivity contribution >= 4 is 0 Å². The zero-order valence-electron chi connectivity index (χ0n) is 19.9. The highest BCUT2D eigenvalue weighted by molar-refractivity contribution is 5.63. The van der Waals surface area contributed by atoms with E-state index >= 15 is 0 Å². The second-order valence-electron chi connectivity index (χ2n) is 8.32. The highest BCUT2D eigenvalue weighted by Crippen LogP contribution is 2.32. The lowest BCUT2D eigenvalue weighted by Crippen LogP contribution is -2.52. The first kappa shape index (κ1) is 23.5. The molecule has 36 heavy (non-hydrogen) atoms. The summed E-state index contributed by atoms with van der Waals surface area (Å²) in [5.41, 5.74) is 2.27. The lowest BCUT2D eigenvalue weighted by atomic mass is 10.0. The summed E-state index contributed by atoms with van der Waals surface area (Å²) < 4.78 is 25.1. The third kappa shape index (κ3) is 5.85. The molecule has 4 heteroatoms. The van der Waals surface area contributed by atoms with E-state index in [4.69, 9.17) is 18.9 Å². The van der Waals surface area contributed by atoms with Crippen LogP contribution in [0.3, 0.4) is 0 Å². The molecule has 0 bridgehead atoms. The maximum Gasteiger partial charge on any atom is 0.271 e. The molecule has 0 N–H and O–H groups in total. The quantitative estimate of drug-likeness (QED) is 0.181. The van der Waals surface area contributed by atoms with Crippen molar-refractivity contribution in [3.8, 4) is 28.4 Å². The summed E-state index contributed by atoms with van der Waals surface area (Å²) in [6.45, 7) is 0.682. The molecular weight excluding hydrogens is 448 g/mol. The summed E-state index contributed by atoms with van der Waals surface area (Å²) in [6, 6.07) is 37.6. The topological polar surface area (TPSA) is 36.9 Å². The molecule has 2 atom stereocenters. The first-order valence-electron chi connectivity index (χ1n) is 12.0. The number of rotatable bonds is 10. The molecule has 180 valence electrons. The first-order chi connectivity index (χ1) is 17.8. The van der Waals surface area contributed by atoms with Gasteiger partial charge in [0.25, 0.3) is 5.79 Å². The fraction of sp³-hybridized carbons (Fsp3) is 0.125. The van der Waals surface area contributed by atoms with Gasteiger partial charge in [-0.05, 0) is 59.7 Å². The molecule has 4 nitrogen and oxygen atoms in total. The van der Waals surface area contributed by atoms with Gasteiger partial charge in [-0.15, -0.1) is 0 Å². The van der Waals surface area contributed by atoms with Crippen LogP contribution in [0.1, 0.15) is 0 Å². The van der Waals surface area contributed by atoms with Gasteiger partial charge in [0, 0.05) is 0 Å². The summed E-state index contributed by atoms with van der Waals surface area (Å²) >= 11 is 0. The first-order valence-corrected chi connectivity index (χ1v) is 12.0. The molecule has 0 amide bonds. The van der Waals surface area contributed by atoms with E-state index in [2.05, 4.69) is 12.1 Å². The van der Waals surface area contributed by atoms with Gasteiger partial charge in [-0.25, -0.2) is 0 Å². The van der Waals surface area contributed by atoms with Crippen LogP contribution in [0.15, 0.2) is 140 Å². The molecule has 4 aromatic rings. The summed E-state index contributed by atoms with van der Waals surface area (Å²) in [5.74, 6) is 1.04. The Kier molecular flexibility index (Phi) is 7.45. The van der Waals surface area contributed by atoms with Gasteiger partial charge in [0.05, 0.1) is 6.61 Å². The molecule has 1 aliphatic carbocycles. The highest BCUT2D eigenvalue weighted by Gasteiger charge is 2.42. The fourth-order valence-corrected chi connectivity index (χ4v) is 4.01. The summed E-state index contributed by atoms with van der Waals surface area (Å²) in [6.07, 6.45) is 7.20. The Morgan fingerprint density at radius 1 is 0.556 bits per heavy atom. The van der Waals surface area contributed by atoms with Crippen LogP contribution in [0.5, 0.6) is 17.2 Å². The molecule has 0 heterocycles. The summed E-state index contributed by atoms with van der Waals surface area (Å²) in [4.78, 5) is 0. The van der Waals surface area contributed by atoms with Crippen molar-refractivity contribution in [2.75, 3.05) is 13.2 Å². The normalized spacial score (nSPS) is 18.5. The monoisotopic (exact) mass is 476 g/mol. The number of benzene rings is 4. The van der Waals surface area contributed by atoms with Crippen molar-refractivity contribution in [3.05, 3.63) is 140 Å². The highest BCUT2D eigenvalue weighted by atomic mass is 16.7. The molecular formula is C32H28O4. The van der Waals surface area contributed by atoms with Gasteiger partial charge < -0.3 is 18.9 Å². The minimum Gasteiger partial charge on any atom is -0.491 e. The van der Waals surface area contributed by atoms with Crippen LogP contribution in [-0.4, -0.2) is 25.1 Å². The third-order valence-corrected chi connectivity index (χ3v) is 5.79.